The number of rotatable bonds is 6. The first-order valence-electron chi connectivity index (χ1n) is 8.02. The number of carbonyl (C=O) groups excluding carboxylic acids is 1. The lowest BCUT2D eigenvalue weighted by molar-refractivity contribution is -0.122. The Hall–Kier alpha value is -2.50. The van der Waals surface area contributed by atoms with Gasteiger partial charge in [-0.2, -0.15) is 5.10 Å². The van der Waals surface area contributed by atoms with Gasteiger partial charge in [0.1, 0.15) is 11.6 Å². The molecule has 2 aromatic carbocycles. The molecule has 3 aromatic rings. The second-order valence-electron chi connectivity index (χ2n) is 5.64. The molecule has 26 heavy (non-hydrogen) atoms. The maximum Gasteiger partial charge on any atom is 0.266 e. The Morgan fingerprint density at radius 2 is 1.81 bits per heavy atom. The molecule has 0 aliphatic carbocycles. The van der Waals surface area contributed by atoms with Crippen molar-refractivity contribution in [1.29, 1.82) is 0 Å². The number of hydrogen-bond donors (Lipinski definition) is 1. The molecule has 0 aliphatic heterocycles. The summed E-state index contributed by atoms with van der Waals surface area (Å²) in [6.07, 6.45) is 0.938. The molecule has 0 fully saturated rings. The molecule has 3 rings (SSSR count). The lowest BCUT2D eigenvalue weighted by atomic mass is 10.2. The van der Waals surface area contributed by atoms with E-state index >= 15 is 0 Å². The topological polar surface area (TPSA) is 56.1 Å². The zero-order chi connectivity index (χ0) is 18.5. The van der Waals surface area contributed by atoms with Gasteiger partial charge in [-0.05, 0) is 31.2 Å². The van der Waals surface area contributed by atoms with E-state index in [-0.39, 0.29) is 5.91 Å². The van der Waals surface area contributed by atoms with Crippen molar-refractivity contribution in [2.24, 2.45) is 0 Å². The third kappa shape index (κ3) is 4.36. The zero-order valence-corrected chi connectivity index (χ0v) is 15.5. The highest BCUT2D eigenvalue weighted by Gasteiger charge is 2.17. The molecule has 1 amide bonds. The Balaban J connectivity index is 1.69. The number of amides is 1. The summed E-state index contributed by atoms with van der Waals surface area (Å²) >= 11 is 12.4. The van der Waals surface area contributed by atoms with Crippen molar-refractivity contribution in [1.82, 2.24) is 9.78 Å². The normalized spacial score (nSPS) is 11.8. The van der Waals surface area contributed by atoms with Crippen molar-refractivity contribution < 1.29 is 9.53 Å². The zero-order valence-electron chi connectivity index (χ0n) is 14.0. The first-order chi connectivity index (χ1) is 12.5. The minimum Gasteiger partial charge on any atom is -0.481 e. The molecule has 0 radical (unpaired) electrons. The Labute approximate surface area is 161 Å². The molecule has 1 aromatic heterocycles. The molecule has 1 unspecified atom stereocenters. The van der Waals surface area contributed by atoms with Crippen molar-refractivity contribution in [2.45, 2.75) is 19.6 Å². The molecular formula is C19H17Cl2N3O2. The van der Waals surface area contributed by atoms with Crippen LogP contribution >= 0.6 is 23.2 Å². The van der Waals surface area contributed by atoms with Crippen LogP contribution in [0.1, 0.15) is 12.5 Å². The van der Waals surface area contributed by atoms with E-state index < -0.39 is 6.10 Å². The lowest BCUT2D eigenvalue weighted by Crippen LogP contribution is -2.31. The first kappa shape index (κ1) is 18.3. The number of aromatic nitrogens is 2. The lowest BCUT2D eigenvalue weighted by Gasteiger charge is -2.16. The quantitative estimate of drug-likeness (QED) is 0.667. The summed E-state index contributed by atoms with van der Waals surface area (Å²) in [7, 11) is 0. The summed E-state index contributed by atoms with van der Waals surface area (Å²) in [6, 6.07) is 16.2. The first-order valence-corrected chi connectivity index (χ1v) is 8.77. The van der Waals surface area contributed by atoms with Gasteiger partial charge in [-0.25, -0.2) is 4.68 Å². The van der Waals surface area contributed by atoms with Crippen molar-refractivity contribution in [3.63, 3.8) is 0 Å². The predicted molar refractivity (Wildman–Crippen MR) is 103 cm³/mol. The van der Waals surface area contributed by atoms with Gasteiger partial charge in [0.15, 0.2) is 6.10 Å². The van der Waals surface area contributed by atoms with Crippen LogP contribution in [0.25, 0.3) is 0 Å². The average Bonchev–Trinajstić information content (AvgIpc) is 3.06. The highest BCUT2D eigenvalue weighted by atomic mass is 35.5. The second-order valence-corrected chi connectivity index (χ2v) is 6.45. The average molecular weight is 390 g/mol. The number of nitrogens with one attached hydrogen (secondary N) is 1. The molecule has 0 saturated heterocycles. The summed E-state index contributed by atoms with van der Waals surface area (Å²) < 4.78 is 7.26. The fourth-order valence-electron chi connectivity index (χ4n) is 2.38. The van der Waals surface area contributed by atoms with Gasteiger partial charge >= 0.3 is 0 Å². The van der Waals surface area contributed by atoms with Crippen LogP contribution in [-0.2, 0) is 11.3 Å². The van der Waals surface area contributed by atoms with E-state index in [0.29, 0.717) is 28.2 Å². The smallest absolute Gasteiger partial charge is 0.266 e. The van der Waals surface area contributed by atoms with E-state index in [9.17, 15) is 4.79 Å². The molecule has 0 spiro atoms. The standard InChI is InChI=1S/C19H17Cl2N3O2/c1-13(26-14-6-3-2-4-7-14)19(25)23-18-10-11-22-24(18)12-15-16(20)8-5-9-17(15)21/h2-11,13H,12H2,1H3,(H,23,25). The van der Waals surface area contributed by atoms with Crippen LogP contribution in [0.5, 0.6) is 5.75 Å². The molecule has 0 saturated carbocycles. The summed E-state index contributed by atoms with van der Waals surface area (Å²) in [4.78, 5) is 12.4. The largest absolute Gasteiger partial charge is 0.481 e. The van der Waals surface area contributed by atoms with E-state index in [1.54, 1.807) is 54.2 Å². The second kappa shape index (κ2) is 8.25. The van der Waals surface area contributed by atoms with Gasteiger partial charge in [0, 0.05) is 21.7 Å². The van der Waals surface area contributed by atoms with Gasteiger partial charge < -0.3 is 10.1 Å². The fourth-order valence-corrected chi connectivity index (χ4v) is 2.90. The minimum atomic E-state index is -0.662. The summed E-state index contributed by atoms with van der Waals surface area (Å²) in [6.45, 7) is 2.03. The number of benzene rings is 2. The van der Waals surface area contributed by atoms with E-state index in [4.69, 9.17) is 27.9 Å². The Morgan fingerprint density at radius 1 is 1.12 bits per heavy atom. The van der Waals surface area contributed by atoms with Crippen LogP contribution in [0, 0.1) is 0 Å². The SMILES string of the molecule is CC(Oc1ccccc1)C(=O)Nc1ccnn1Cc1c(Cl)cccc1Cl. The number of para-hydroxylation sites is 1. The molecule has 0 aliphatic rings. The van der Waals surface area contributed by atoms with Crippen LogP contribution in [0.15, 0.2) is 60.8 Å². The van der Waals surface area contributed by atoms with E-state index in [2.05, 4.69) is 10.4 Å². The van der Waals surface area contributed by atoms with Crippen LogP contribution < -0.4 is 10.1 Å². The molecular weight excluding hydrogens is 373 g/mol. The predicted octanol–water partition coefficient (Wildman–Crippen LogP) is 4.64. The highest BCUT2D eigenvalue weighted by Crippen LogP contribution is 2.26. The van der Waals surface area contributed by atoms with Crippen molar-refractivity contribution >= 4 is 34.9 Å². The number of anilines is 1. The monoisotopic (exact) mass is 389 g/mol. The highest BCUT2D eigenvalue weighted by molar-refractivity contribution is 6.35. The fraction of sp³-hybridized carbons (Fsp3) is 0.158. The van der Waals surface area contributed by atoms with Crippen LogP contribution in [0.3, 0.4) is 0 Å². The van der Waals surface area contributed by atoms with E-state index in [0.717, 1.165) is 5.56 Å². The number of carbonyl (C=O) groups is 1. The van der Waals surface area contributed by atoms with Gasteiger partial charge in [0.25, 0.3) is 5.91 Å². The minimum absolute atomic E-state index is 0.277. The molecule has 0 bridgehead atoms. The van der Waals surface area contributed by atoms with Crippen molar-refractivity contribution in [2.75, 3.05) is 5.32 Å². The maximum absolute atomic E-state index is 12.4. The van der Waals surface area contributed by atoms with E-state index in [1.165, 1.54) is 0 Å². The Bertz CT molecular complexity index is 877. The van der Waals surface area contributed by atoms with Gasteiger partial charge in [0.05, 0.1) is 12.7 Å². The third-order valence-corrected chi connectivity index (χ3v) is 4.47. The van der Waals surface area contributed by atoms with Crippen LogP contribution in [0.2, 0.25) is 10.0 Å². The summed E-state index contributed by atoms with van der Waals surface area (Å²) in [5, 5.41) is 8.15. The summed E-state index contributed by atoms with van der Waals surface area (Å²) in [5.41, 5.74) is 0.739. The van der Waals surface area contributed by atoms with Crippen molar-refractivity contribution in [3.05, 3.63) is 76.4 Å². The van der Waals surface area contributed by atoms with Crippen molar-refractivity contribution in [3.8, 4) is 5.75 Å². The van der Waals surface area contributed by atoms with E-state index in [1.807, 2.05) is 18.2 Å². The number of halogens is 2. The Kier molecular flexibility index (Phi) is 5.81. The molecule has 5 nitrogen and oxygen atoms in total. The molecule has 1 N–H and O–H groups in total. The van der Waals surface area contributed by atoms with Crippen LogP contribution in [-0.4, -0.2) is 21.8 Å². The number of nitrogens with zero attached hydrogens (tertiary/aromatic N) is 2. The van der Waals surface area contributed by atoms with Gasteiger partial charge in [-0.3, -0.25) is 4.79 Å². The number of ether oxygens (including phenoxy) is 1. The third-order valence-electron chi connectivity index (χ3n) is 3.76. The van der Waals surface area contributed by atoms with Gasteiger partial charge in [-0.1, -0.05) is 47.5 Å². The van der Waals surface area contributed by atoms with Crippen LogP contribution in [0.4, 0.5) is 5.82 Å². The molecule has 134 valence electrons. The van der Waals surface area contributed by atoms with Gasteiger partial charge in [0.2, 0.25) is 0 Å². The van der Waals surface area contributed by atoms with Gasteiger partial charge in [-0.15, -0.1) is 0 Å². The molecule has 1 atom stereocenters. The molecule has 7 heteroatoms. The summed E-state index contributed by atoms with van der Waals surface area (Å²) in [5.74, 6) is 0.891. The number of hydrogen-bond acceptors (Lipinski definition) is 3. The maximum atomic E-state index is 12.4. The molecule has 1 heterocycles. The Morgan fingerprint density at radius 3 is 2.50 bits per heavy atom.